The molecular formula is C16H22ClNO. The van der Waals surface area contributed by atoms with Crippen molar-refractivity contribution in [3.8, 4) is 0 Å². The summed E-state index contributed by atoms with van der Waals surface area (Å²) in [7, 11) is 0. The number of aryl methyl sites for hydroxylation is 1. The second-order valence-corrected chi connectivity index (χ2v) is 6.91. The van der Waals surface area contributed by atoms with Crippen LogP contribution in [0.2, 0.25) is 5.02 Å². The Morgan fingerprint density at radius 3 is 2.89 bits per heavy atom. The molecule has 3 atom stereocenters. The van der Waals surface area contributed by atoms with E-state index < -0.39 is 0 Å². The maximum absolute atomic E-state index is 6.20. The molecule has 2 aliphatic rings. The Kier molecular flexibility index (Phi) is 3.26. The first-order valence-electron chi connectivity index (χ1n) is 7.14. The smallest absolute Gasteiger partial charge is 0.0693 e. The number of anilines is 1. The summed E-state index contributed by atoms with van der Waals surface area (Å²) >= 11 is 6.20. The average molecular weight is 280 g/mol. The van der Waals surface area contributed by atoms with E-state index in [1.807, 2.05) is 13.0 Å². The van der Waals surface area contributed by atoms with Crippen LogP contribution in [0, 0.1) is 18.3 Å². The molecule has 1 aromatic carbocycles. The van der Waals surface area contributed by atoms with Gasteiger partial charge in [0.2, 0.25) is 0 Å². The summed E-state index contributed by atoms with van der Waals surface area (Å²) in [6.45, 7) is 7.55. The Hall–Kier alpha value is -0.730. The van der Waals surface area contributed by atoms with Crippen molar-refractivity contribution in [2.75, 3.05) is 11.9 Å². The van der Waals surface area contributed by atoms with Gasteiger partial charge < -0.3 is 10.1 Å². The lowest BCUT2D eigenvalue weighted by Gasteiger charge is -2.60. The fraction of sp³-hybridized carbons (Fsp3) is 0.625. The van der Waals surface area contributed by atoms with Gasteiger partial charge in [0.05, 0.1) is 6.10 Å². The number of rotatable bonds is 2. The lowest BCUT2D eigenvalue weighted by Crippen LogP contribution is -2.67. The Labute approximate surface area is 120 Å². The van der Waals surface area contributed by atoms with Crippen molar-refractivity contribution in [2.24, 2.45) is 11.3 Å². The number of ether oxygens (including phenoxy) is 1. The first kappa shape index (κ1) is 13.3. The highest BCUT2D eigenvalue weighted by Crippen LogP contribution is 2.52. The molecule has 2 fully saturated rings. The zero-order chi connectivity index (χ0) is 13.6. The highest BCUT2D eigenvalue weighted by Gasteiger charge is 2.57. The van der Waals surface area contributed by atoms with Crippen LogP contribution in [0.5, 0.6) is 0 Å². The molecule has 3 unspecified atom stereocenters. The zero-order valence-electron chi connectivity index (χ0n) is 11.9. The summed E-state index contributed by atoms with van der Waals surface area (Å²) in [6, 6.07) is 6.71. The molecule has 1 saturated heterocycles. The van der Waals surface area contributed by atoms with Crippen molar-refractivity contribution in [1.29, 1.82) is 0 Å². The van der Waals surface area contributed by atoms with Gasteiger partial charge in [-0.1, -0.05) is 31.5 Å². The van der Waals surface area contributed by atoms with Crippen LogP contribution in [0.25, 0.3) is 0 Å². The molecule has 0 aromatic heterocycles. The minimum atomic E-state index is 0.197. The summed E-state index contributed by atoms with van der Waals surface area (Å²) in [5, 5.41) is 4.50. The molecule has 104 valence electrons. The molecule has 1 aliphatic carbocycles. The Balaban J connectivity index is 1.77. The second-order valence-electron chi connectivity index (χ2n) is 6.50. The largest absolute Gasteiger partial charge is 0.381 e. The molecule has 0 spiro atoms. The van der Waals surface area contributed by atoms with E-state index in [0.717, 1.165) is 22.9 Å². The molecule has 1 aliphatic heterocycles. The zero-order valence-corrected chi connectivity index (χ0v) is 12.6. The summed E-state index contributed by atoms with van der Waals surface area (Å²) in [6.07, 6.45) is 2.87. The minimum absolute atomic E-state index is 0.197. The summed E-state index contributed by atoms with van der Waals surface area (Å²) < 4.78 is 5.94. The van der Waals surface area contributed by atoms with Crippen molar-refractivity contribution in [2.45, 2.75) is 45.8 Å². The fourth-order valence-electron chi connectivity index (χ4n) is 3.68. The first-order chi connectivity index (χ1) is 9.00. The molecule has 0 radical (unpaired) electrons. The van der Waals surface area contributed by atoms with Crippen molar-refractivity contribution in [3.05, 3.63) is 28.8 Å². The number of fused-ring (bicyclic) bond motifs is 1. The molecule has 1 N–H and O–H groups in total. The quantitative estimate of drug-likeness (QED) is 0.873. The van der Waals surface area contributed by atoms with Crippen LogP contribution in [0.15, 0.2) is 18.2 Å². The molecule has 3 heteroatoms. The molecule has 0 amide bonds. The SMILES string of the molecule is Cc1ccc(NC2C3CCCOC3C2(C)C)cc1Cl. The second kappa shape index (κ2) is 4.68. The van der Waals surface area contributed by atoms with Gasteiger partial charge in [0.1, 0.15) is 0 Å². The Bertz CT molecular complexity index is 486. The lowest BCUT2D eigenvalue weighted by molar-refractivity contribution is -0.177. The molecule has 19 heavy (non-hydrogen) atoms. The van der Waals surface area contributed by atoms with E-state index in [1.165, 1.54) is 12.8 Å². The highest BCUT2D eigenvalue weighted by atomic mass is 35.5. The standard InChI is InChI=1S/C16H22ClNO/c1-10-6-7-11(9-13(10)17)18-14-12-5-4-8-19-15(12)16(14,2)3/h6-7,9,12,14-15,18H,4-5,8H2,1-3H3. The maximum atomic E-state index is 6.20. The average Bonchev–Trinajstić information content (AvgIpc) is 2.40. The number of benzene rings is 1. The highest BCUT2D eigenvalue weighted by molar-refractivity contribution is 6.31. The molecule has 2 nitrogen and oxygen atoms in total. The van der Waals surface area contributed by atoms with Crippen LogP contribution in [-0.2, 0) is 4.74 Å². The van der Waals surface area contributed by atoms with Gasteiger partial charge in [-0.25, -0.2) is 0 Å². The molecular weight excluding hydrogens is 258 g/mol. The van der Waals surface area contributed by atoms with Crippen LogP contribution in [0.4, 0.5) is 5.69 Å². The molecule has 0 bridgehead atoms. The van der Waals surface area contributed by atoms with Crippen molar-refractivity contribution >= 4 is 17.3 Å². The number of hydrogen-bond acceptors (Lipinski definition) is 2. The maximum Gasteiger partial charge on any atom is 0.0693 e. The van der Waals surface area contributed by atoms with Gasteiger partial charge >= 0.3 is 0 Å². The molecule has 1 aromatic rings. The first-order valence-corrected chi connectivity index (χ1v) is 7.52. The molecule has 3 rings (SSSR count). The monoisotopic (exact) mass is 279 g/mol. The number of nitrogens with one attached hydrogen (secondary N) is 1. The van der Waals surface area contributed by atoms with E-state index in [4.69, 9.17) is 16.3 Å². The van der Waals surface area contributed by atoms with Gasteiger partial charge in [0.15, 0.2) is 0 Å². The normalized spacial score (nSPS) is 32.3. The third-order valence-corrected chi connectivity index (χ3v) is 5.23. The van der Waals surface area contributed by atoms with Crippen molar-refractivity contribution in [3.63, 3.8) is 0 Å². The lowest BCUT2D eigenvalue weighted by atomic mass is 9.55. The van der Waals surface area contributed by atoms with Crippen LogP contribution in [0.3, 0.4) is 0 Å². The van der Waals surface area contributed by atoms with Gasteiger partial charge in [0.25, 0.3) is 0 Å². The van der Waals surface area contributed by atoms with Gasteiger partial charge in [0, 0.05) is 34.7 Å². The van der Waals surface area contributed by atoms with E-state index in [1.54, 1.807) is 0 Å². The summed E-state index contributed by atoms with van der Waals surface area (Å²) in [5.41, 5.74) is 2.44. The van der Waals surface area contributed by atoms with Crippen LogP contribution < -0.4 is 5.32 Å². The van der Waals surface area contributed by atoms with Gasteiger partial charge in [-0.15, -0.1) is 0 Å². The predicted octanol–water partition coefficient (Wildman–Crippen LogP) is 4.26. The topological polar surface area (TPSA) is 21.3 Å². The van der Waals surface area contributed by atoms with E-state index in [0.29, 0.717) is 18.1 Å². The van der Waals surface area contributed by atoms with E-state index in [-0.39, 0.29) is 5.41 Å². The molecule has 1 saturated carbocycles. The molecule has 1 heterocycles. The van der Waals surface area contributed by atoms with Gasteiger partial charge in [-0.05, 0) is 37.5 Å². The Morgan fingerprint density at radius 2 is 2.16 bits per heavy atom. The van der Waals surface area contributed by atoms with Crippen LogP contribution in [0.1, 0.15) is 32.3 Å². The third kappa shape index (κ3) is 2.15. The third-order valence-electron chi connectivity index (χ3n) is 4.83. The van der Waals surface area contributed by atoms with Crippen molar-refractivity contribution < 1.29 is 4.74 Å². The predicted molar refractivity (Wildman–Crippen MR) is 79.8 cm³/mol. The number of halogens is 1. The Morgan fingerprint density at radius 1 is 1.37 bits per heavy atom. The van der Waals surface area contributed by atoms with Crippen LogP contribution in [-0.4, -0.2) is 18.8 Å². The van der Waals surface area contributed by atoms with E-state index in [2.05, 4.69) is 31.3 Å². The summed E-state index contributed by atoms with van der Waals surface area (Å²) in [4.78, 5) is 0. The van der Waals surface area contributed by atoms with Gasteiger partial charge in [-0.2, -0.15) is 0 Å². The van der Waals surface area contributed by atoms with Gasteiger partial charge in [-0.3, -0.25) is 0 Å². The van der Waals surface area contributed by atoms with E-state index in [9.17, 15) is 0 Å². The minimum Gasteiger partial charge on any atom is -0.381 e. The van der Waals surface area contributed by atoms with E-state index >= 15 is 0 Å². The van der Waals surface area contributed by atoms with Crippen LogP contribution >= 0.6 is 11.6 Å². The van der Waals surface area contributed by atoms with Crippen molar-refractivity contribution in [1.82, 2.24) is 0 Å². The number of hydrogen-bond donors (Lipinski definition) is 1. The summed E-state index contributed by atoms with van der Waals surface area (Å²) in [5.74, 6) is 0.642. The fourth-order valence-corrected chi connectivity index (χ4v) is 3.86.